The van der Waals surface area contributed by atoms with Crippen LogP contribution in [0, 0.1) is 0 Å². The first-order valence-corrected chi connectivity index (χ1v) is 7.09. The molecule has 1 atom stereocenters. The van der Waals surface area contributed by atoms with E-state index in [1.165, 1.54) is 7.11 Å². The molecule has 1 unspecified atom stereocenters. The van der Waals surface area contributed by atoms with Gasteiger partial charge in [0.1, 0.15) is 0 Å². The van der Waals surface area contributed by atoms with Gasteiger partial charge in [0, 0.05) is 29.0 Å². The highest BCUT2D eigenvalue weighted by Gasteiger charge is 2.15. The van der Waals surface area contributed by atoms with E-state index in [4.69, 9.17) is 16.3 Å². The molecule has 0 amide bonds. The first-order valence-electron chi connectivity index (χ1n) is 6.72. The number of methoxy groups -OCH3 is 1. The van der Waals surface area contributed by atoms with Crippen molar-refractivity contribution in [2.45, 2.75) is 26.4 Å². The number of anilines is 1. The molecule has 1 aromatic carbocycles. The fourth-order valence-corrected chi connectivity index (χ4v) is 2.19. The summed E-state index contributed by atoms with van der Waals surface area (Å²) in [4.78, 5) is 11.8. The van der Waals surface area contributed by atoms with Gasteiger partial charge >= 0.3 is 5.97 Å². The van der Waals surface area contributed by atoms with Crippen LogP contribution >= 0.6 is 11.6 Å². The minimum absolute atomic E-state index is 0.00915. The number of aromatic nitrogens is 2. The lowest BCUT2D eigenvalue weighted by Crippen LogP contribution is -2.11. The number of nitrogens with one attached hydrogen (secondary N) is 1. The Kier molecular flexibility index (Phi) is 4.85. The predicted octanol–water partition coefficient (Wildman–Crippen LogP) is 3.52. The third-order valence-corrected chi connectivity index (χ3v) is 3.47. The quantitative estimate of drug-likeness (QED) is 0.859. The molecule has 0 aliphatic heterocycles. The Morgan fingerprint density at radius 3 is 2.90 bits per heavy atom. The molecule has 0 aliphatic rings. The first kappa shape index (κ1) is 15.4. The lowest BCUT2D eigenvalue weighted by Gasteiger charge is -2.16. The number of rotatable bonds is 5. The van der Waals surface area contributed by atoms with Crippen molar-refractivity contribution in [3.63, 3.8) is 0 Å². The van der Waals surface area contributed by atoms with Crippen molar-refractivity contribution in [3.05, 3.63) is 46.7 Å². The monoisotopic (exact) mass is 307 g/mol. The molecule has 1 heterocycles. The minimum Gasteiger partial charge on any atom is -0.465 e. The number of esters is 1. The lowest BCUT2D eigenvalue weighted by atomic mass is 10.1. The molecule has 0 aliphatic carbocycles. The molecule has 0 saturated heterocycles. The van der Waals surface area contributed by atoms with Crippen molar-refractivity contribution in [2.24, 2.45) is 0 Å². The van der Waals surface area contributed by atoms with Crippen LogP contribution in [0.1, 0.15) is 35.8 Å². The summed E-state index contributed by atoms with van der Waals surface area (Å²) in [5.74, 6) is -0.420. The fourth-order valence-electron chi connectivity index (χ4n) is 2.01. The van der Waals surface area contributed by atoms with Crippen molar-refractivity contribution in [1.29, 1.82) is 0 Å². The highest BCUT2D eigenvalue weighted by atomic mass is 35.5. The lowest BCUT2D eigenvalue weighted by molar-refractivity contribution is 0.0602. The second-order valence-electron chi connectivity index (χ2n) is 4.68. The Bertz CT molecular complexity index is 640. The zero-order valence-corrected chi connectivity index (χ0v) is 13.0. The van der Waals surface area contributed by atoms with Crippen molar-refractivity contribution in [2.75, 3.05) is 12.4 Å². The van der Waals surface area contributed by atoms with Gasteiger partial charge in [-0.2, -0.15) is 5.10 Å². The third-order valence-electron chi connectivity index (χ3n) is 3.24. The van der Waals surface area contributed by atoms with Gasteiger partial charge in [-0.05, 0) is 32.0 Å². The average Bonchev–Trinajstić information content (AvgIpc) is 2.97. The summed E-state index contributed by atoms with van der Waals surface area (Å²) in [6.45, 7) is 4.86. The van der Waals surface area contributed by atoms with Gasteiger partial charge in [0.2, 0.25) is 0 Å². The van der Waals surface area contributed by atoms with Crippen molar-refractivity contribution >= 4 is 23.3 Å². The van der Waals surface area contributed by atoms with Gasteiger partial charge < -0.3 is 10.1 Å². The van der Waals surface area contributed by atoms with E-state index < -0.39 is 5.97 Å². The summed E-state index contributed by atoms with van der Waals surface area (Å²) in [6, 6.07) is 5.11. The van der Waals surface area contributed by atoms with E-state index in [-0.39, 0.29) is 6.04 Å². The normalized spacial score (nSPS) is 12.0. The van der Waals surface area contributed by atoms with Crippen LogP contribution in [-0.2, 0) is 11.3 Å². The largest absolute Gasteiger partial charge is 0.465 e. The molecular weight excluding hydrogens is 290 g/mol. The standard InChI is InChI=1S/C15H18ClN3O2/c1-4-19-9-11(8-17-19)10(2)18-14-6-5-12(16)7-13(14)15(20)21-3/h5-10,18H,4H2,1-3H3. The number of nitrogens with zero attached hydrogens (tertiary/aromatic N) is 2. The van der Waals surface area contributed by atoms with Crippen molar-refractivity contribution < 1.29 is 9.53 Å². The van der Waals surface area contributed by atoms with Crippen LogP contribution in [0.5, 0.6) is 0 Å². The topological polar surface area (TPSA) is 56.2 Å². The molecule has 5 nitrogen and oxygen atoms in total. The van der Waals surface area contributed by atoms with Crippen molar-refractivity contribution in [1.82, 2.24) is 9.78 Å². The van der Waals surface area contributed by atoms with E-state index in [9.17, 15) is 4.79 Å². The molecule has 112 valence electrons. The van der Waals surface area contributed by atoms with E-state index in [0.717, 1.165) is 12.1 Å². The number of benzene rings is 1. The molecule has 0 radical (unpaired) electrons. The maximum absolute atomic E-state index is 11.8. The Balaban J connectivity index is 2.24. The second kappa shape index (κ2) is 6.63. The van der Waals surface area contributed by atoms with E-state index in [2.05, 4.69) is 10.4 Å². The number of carbonyl (C=O) groups excluding carboxylic acids is 1. The maximum atomic E-state index is 11.8. The highest BCUT2D eigenvalue weighted by Crippen LogP contribution is 2.25. The van der Waals surface area contributed by atoms with Gasteiger partial charge in [-0.3, -0.25) is 4.68 Å². The maximum Gasteiger partial charge on any atom is 0.340 e. The number of hydrogen-bond acceptors (Lipinski definition) is 4. The van der Waals surface area contributed by atoms with Crippen LogP contribution in [0.15, 0.2) is 30.6 Å². The second-order valence-corrected chi connectivity index (χ2v) is 5.11. The molecule has 2 rings (SSSR count). The molecule has 0 fully saturated rings. The summed E-state index contributed by atoms with van der Waals surface area (Å²) in [7, 11) is 1.35. The van der Waals surface area contributed by atoms with E-state index in [1.807, 2.05) is 30.9 Å². The number of hydrogen-bond donors (Lipinski definition) is 1. The number of carbonyl (C=O) groups is 1. The van der Waals surface area contributed by atoms with Crippen LogP contribution in [0.2, 0.25) is 5.02 Å². The van der Waals surface area contributed by atoms with Gasteiger partial charge in [-0.15, -0.1) is 0 Å². The predicted molar refractivity (Wildman–Crippen MR) is 82.7 cm³/mol. The van der Waals surface area contributed by atoms with Crippen LogP contribution < -0.4 is 5.32 Å². The summed E-state index contributed by atoms with van der Waals surface area (Å²) in [5, 5.41) is 8.04. The molecule has 0 saturated carbocycles. The van der Waals surface area contributed by atoms with E-state index in [0.29, 0.717) is 16.3 Å². The first-order chi connectivity index (χ1) is 10.0. The smallest absolute Gasteiger partial charge is 0.340 e. The number of halogens is 1. The van der Waals surface area contributed by atoms with Crippen LogP contribution in [0.4, 0.5) is 5.69 Å². The third kappa shape index (κ3) is 3.55. The molecule has 1 aromatic heterocycles. The Morgan fingerprint density at radius 2 is 2.29 bits per heavy atom. The Morgan fingerprint density at radius 1 is 1.52 bits per heavy atom. The van der Waals surface area contributed by atoms with Crippen molar-refractivity contribution in [3.8, 4) is 0 Å². The molecule has 21 heavy (non-hydrogen) atoms. The molecule has 1 N–H and O–H groups in total. The van der Waals surface area contributed by atoms with E-state index >= 15 is 0 Å². The summed E-state index contributed by atoms with van der Waals surface area (Å²) >= 11 is 5.94. The Hall–Kier alpha value is -2.01. The zero-order valence-electron chi connectivity index (χ0n) is 12.3. The van der Waals surface area contributed by atoms with E-state index in [1.54, 1.807) is 18.2 Å². The van der Waals surface area contributed by atoms with Crippen LogP contribution in [0.3, 0.4) is 0 Å². The van der Waals surface area contributed by atoms with Gasteiger partial charge in [0.15, 0.2) is 0 Å². The van der Waals surface area contributed by atoms with Gasteiger partial charge in [0.25, 0.3) is 0 Å². The number of aryl methyl sites for hydroxylation is 1. The summed E-state index contributed by atoms with van der Waals surface area (Å²) < 4.78 is 6.64. The fraction of sp³-hybridized carbons (Fsp3) is 0.333. The zero-order chi connectivity index (χ0) is 15.4. The van der Waals surface area contributed by atoms with Gasteiger partial charge in [-0.25, -0.2) is 4.79 Å². The minimum atomic E-state index is -0.420. The van der Waals surface area contributed by atoms with Crippen LogP contribution in [0.25, 0.3) is 0 Å². The average molecular weight is 308 g/mol. The molecule has 6 heteroatoms. The molecule has 2 aromatic rings. The van der Waals surface area contributed by atoms with Crippen LogP contribution in [-0.4, -0.2) is 22.9 Å². The highest BCUT2D eigenvalue weighted by molar-refractivity contribution is 6.31. The molecule has 0 bridgehead atoms. The van der Waals surface area contributed by atoms with Gasteiger partial charge in [-0.1, -0.05) is 11.6 Å². The summed E-state index contributed by atoms with van der Waals surface area (Å²) in [5.41, 5.74) is 2.14. The van der Waals surface area contributed by atoms with Gasteiger partial charge in [0.05, 0.1) is 24.9 Å². The SMILES string of the molecule is CCn1cc(C(C)Nc2ccc(Cl)cc2C(=O)OC)cn1. The molecular formula is C15H18ClN3O2. The number of ether oxygens (including phenoxy) is 1. The Labute approximate surface area is 128 Å². The summed E-state index contributed by atoms with van der Waals surface area (Å²) in [6.07, 6.45) is 3.79. The molecule has 0 spiro atoms.